The van der Waals surface area contributed by atoms with E-state index in [4.69, 9.17) is 9.26 Å². The molecule has 3 aromatic rings. The van der Waals surface area contributed by atoms with Gasteiger partial charge in [0.2, 0.25) is 17.6 Å². The second-order valence-electron chi connectivity index (χ2n) is 5.86. The van der Waals surface area contributed by atoms with E-state index in [9.17, 15) is 4.79 Å². The van der Waals surface area contributed by atoms with Crippen LogP contribution in [0.4, 0.5) is 0 Å². The van der Waals surface area contributed by atoms with Crippen molar-refractivity contribution in [3.8, 4) is 17.1 Å². The number of ether oxygens (including phenoxy) is 1. The van der Waals surface area contributed by atoms with Crippen molar-refractivity contribution in [2.75, 3.05) is 19.1 Å². The highest BCUT2D eigenvalue weighted by Crippen LogP contribution is 2.27. The lowest BCUT2D eigenvalue weighted by atomic mass is 10.2. The van der Waals surface area contributed by atoms with E-state index in [1.165, 1.54) is 0 Å². The van der Waals surface area contributed by atoms with Crippen LogP contribution in [-0.4, -0.2) is 39.7 Å². The predicted molar refractivity (Wildman–Crippen MR) is 105 cm³/mol. The Bertz CT molecular complexity index is 863. The molecule has 3 rings (SSSR count). The molecule has 0 radical (unpaired) electrons. The molecule has 1 N–H and O–H groups in total. The van der Waals surface area contributed by atoms with Gasteiger partial charge in [-0.3, -0.25) is 4.79 Å². The van der Waals surface area contributed by atoms with Crippen LogP contribution in [0.25, 0.3) is 11.4 Å². The van der Waals surface area contributed by atoms with Crippen LogP contribution < -0.4 is 10.1 Å². The van der Waals surface area contributed by atoms with Crippen LogP contribution in [0.15, 0.2) is 53.3 Å². The molecule has 0 saturated heterocycles. The van der Waals surface area contributed by atoms with E-state index in [0.29, 0.717) is 17.5 Å². The molecule has 7 nitrogen and oxygen atoms in total. The van der Waals surface area contributed by atoms with Crippen molar-refractivity contribution in [3.05, 3.63) is 54.7 Å². The summed E-state index contributed by atoms with van der Waals surface area (Å²) in [5.41, 5.74) is 0.742. The number of hydrogen-bond acceptors (Lipinski definition) is 6. The van der Waals surface area contributed by atoms with E-state index in [0.717, 1.165) is 17.7 Å². The smallest absolute Gasteiger partial charge is 0.246 e. The first-order valence-electron chi connectivity index (χ1n) is 8.58. The molecule has 0 aliphatic carbocycles. The summed E-state index contributed by atoms with van der Waals surface area (Å²) in [7, 11) is 1.59. The number of thioether (sulfide) groups is 1. The number of nitrogens with one attached hydrogen (secondary N) is 1. The van der Waals surface area contributed by atoms with Crippen LogP contribution >= 0.6 is 11.8 Å². The number of carbonyl (C=O) groups is 1. The number of amides is 1. The van der Waals surface area contributed by atoms with Gasteiger partial charge in [0.15, 0.2) is 0 Å². The van der Waals surface area contributed by atoms with Gasteiger partial charge in [0, 0.05) is 12.4 Å². The zero-order chi connectivity index (χ0) is 19.1. The molecule has 0 saturated carbocycles. The average molecular weight is 386 g/mol. The number of methoxy groups -OCH3 is 1. The van der Waals surface area contributed by atoms with Crippen LogP contribution in [0.1, 0.15) is 18.4 Å². The van der Waals surface area contributed by atoms with Gasteiger partial charge in [-0.25, -0.2) is 0 Å². The monoisotopic (exact) mass is 386 g/mol. The van der Waals surface area contributed by atoms with Gasteiger partial charge < -0.3 is 19.1 Å². The summed E-state index contributed by atoms with van der Waals surface area (Å²) in [5.74, 6) is 2.27. The third-order valence-electron chi connectivity index (χ3n) is 4.12. The summed E-state index contributed by atoms with van der Waals surface area (Å²) in [6.07, 6.45) is 6.58. The van der Waals surface area contributed by atoms with Gasteiger partial charge in [-0.2, -0.15) is 16.7 Å². The van der Waals surface area contributed by atoms with Gasteiger partial charge in [0.1, 0.15) is 11.8 Å². The standard InChI is InChI=1S/C19H22N4O3S/c1-25-16-8-4-3-7-14(16)18-21-17(26-22-18)13-20-19(24)15(9-12-27-2)23-10-5-6-11-23/h3-8,10-11,15H,9,12-13H2,1-2H3,(H,20,24)/t15-/m1/s1. The van der Waals surface area contributed by atoms with E-state index in [1.807, 2.05) is 59.6 Å². The van der Waals surface area contributed by atoms with E-state index >= 15 is 0 Å². The molecule has 0 aliphatic heterocycles. The normalized spacial score (nSPS) is 11.9. The summed E-state index contributed by atoms with van der Waals surface area (Å²) >= 11 is 1.72. The maximum Gasteiger partial charge on any atom is 0.246 e. The number of aromatic nitrogens is 3. The molecule has 142 valence electrons. The Labute approximate surface area is 162 Å². The second kappa shape index (κ2) is 9.27. The Morgan fingerprint density at radius 1 is 1.30 bits per heavy atom. The molecule has 1 atom stereocenters. The average Bonchev–Trinajstić information content (AvgIpc) is 3.39. The van der Waals surface area contributed by atoms with Crippen molar-refractivity contribution >= 4 is 17.7 Å². The lowest BCUT2D eigenvalue weighted by Crippen LogP contribution is -2.32. The highest BCUT2D eigenvalue weighted by atomic mass is 32.2. The number of rotatable bonds is 9. The Balaban J connectivity index is 1.66. The minimum atomic E-state index is -0.260. The zero-order valence-corrected chi connectivity index (χ0v) is 16.1. The minimum Gasteiger partial charge on any atom is -0.496 e. The summed E-state index contributed by atoms with van der Waals surface area (Å²) in [6, 6.07) is 11.0. The van der Waals surface area contributed by atoms with Crippen LogP contribution in [0, 0.1) is 0 Å². The lowest BCUT2D eigenvalue weighted by molar-refractivity contribution is -0.124. The fourth-order valence-electron chi connectivity index (χ4n) is 2.75. The maximum atomic E-state index is 12.6. The molecule has 8 heteroatoms. The quantitative estimate of drug-likeness (QED) is 0.608. The van der Waals surface area contributed by atoms with Crippen molar-refractivity contribution < 1.29 is 14.1 Å². The Morgan fingerprint density at radius 3 is 2.81 bits per heavy atom. The molecule has 0 aliphatic rings. The Hall–Kier alpha value is -2.74. The summed E-state index contributed by atoms with van der Waals surface area (Å²) in [5, 5.41) is 6.88. The van der Waals surface area contributed by atoms with Gasteiger partial charge in [-0.1, -0.05) is 17.3 Å². The minimum absolute atomic E-state index is 0.0720. The molecule has 0 fully saturated rings. The summed E-state index contributed by atoms with van der Waals surface area (Å²) < 4.78 is 12.5. The fourth-order valence-corrected chi connectivity index (χ4v) is 3.21. The zero-order valence-electron chi connectivity index (χ0n) is 15.3. The number of nitrogens with zero attached hydrogens (tertiary/aromatic N) is 3. The Morgan fingerprint density at radius 2 is 2.07 bits per heavy atom. The SMILES string of the molecule is COc1ccccc1-c1noc(CNC(=O)[C@@H](CCSC)n2cccc2)n1. The highest BCUT2D eigenvalue weighted by molar-refractivity contribution is 7.98. The lowest BCUT2D eigenvalue weighted by Gasteiger charge is -2.17. The predicted octanol–water partition coefficient (Wildman–Crippen LogP) is 3.16. The topological polar surface area (TPSA) is 82.2 Å². The van der Waals surface area contributed by atoms with Crippen molar-refractivity contribution in [1.29, 1.82) is 0 Å². The molecule has 0 bridgehead atoms. The molecular formula is C19H22N4O3S. The second-order valence-corrected chi connectivity index (χ2v) is 6.84. The van der Waals surface area contributed by atoms with Crippen molar-refractivity contribution in [1.82, 2.24) is 20.0 Å². The van der Waals surface area contributed by atoms with Gasteiger partial charge in [0.05, 0.1) is 19.2 Å². The molecule has 1 amide bonds. The third-order valence-corrected chi connectivity index (χ3v) is 4.76. The fraction of sp³-hybridized carbons (Fsp3) is 0.316. The van der Waals surface area contributed by atoms with E-state index in [2.05, 4.69) is 15.5 Å². The largest absolute Gasteiger partial charge is 0.496 e. The van der Waals surface area contributed by atoms with Crippen LogP contribution in [-0.2, 0) is 11.3 Å². The number of benzene rings is 1. The van der Waals surface area contributed by atoms with Gasteiger partial charge in [0.25, 0.3) is 0 Å². The van der Waals surface area contributed by atoms with E-state index in [-0.39, 0.29) is 18.5 Å². The number of hydrogen-bond donors (Lipinski definition) is 1. The van der Waals surface area contributed by atoms with Gasteiger partial charge >= 0.3 is 0 Å². The summed E-state index contributed by atoms with van der Waals surface area (Å²) in [4.78, 5) is 17.0. The van der Waals surface area contributed by atoms with E-state index < -0.39 is 0 Å². The molecule has 2 heterocycles. The van der Waals surface area contributed by atoms with Crippen molar-refractivity contribution in [3.63, 3.8) is 0 Å². The summed E-state index contributed by atoms with van der Waals surface area (Å²) in [6.45, 7) is 0.179. The van der Waals surface area contributed by atoms with Crippen LogP contribution in [0.3, 0.4) is 0 Å². The molecule has 1 aromatic carbocycles. The van der Waals surface area contributed by atoms with Crippen LogP contribution in [0.5, 0.6) is 5.75 Å². The molecular weight excluding hydrogens is 364 g/mol. The van der Waals surface area contributed by atoms with Crippen molar-refractivity contribution in [2.24, 2.45) is 0 Å². The van der Waals surface area contributed by atoms with Crippen LogP contribution in [0.2, 0.25) is 0 Å². The molecule has 2 aromatic heterocycles. The van der Waals surface area contributed by atoms with Gasteiger partial charge in [-0.15, -0.1) is 0 Å². The molecule has 0 unspecified atom stereocenters. The first-order valence-corrected chi connectivity index (χ1v) is 9.97. The van der Waals surface area contributed by atoms with E-state index in [1.54, 1.807) is 18.9 Å². The first-order chi connectivity index (χ1) is 13.2. The highest BCUT2D eigenvalue weighted by Gasteiger charge is 2.20. The maximum absolute atomic E-state index is 12.6. The number of carbonyl (C=O) groups excluding carboxylic acids is 1. The molecule has 0 spiro atoms. The first kappa shape index (κ1) is 19.0. The van der Waals surface area contributed by atoms with Crippen molar-refractivity contribution in [2.45, 2.75) is 19.0 Å². The Kier molecular flexibility index (Phi) is 6.54. The third kappa shape index (κ3) is 4.71. The molecule has 27 heavy (non-hydrogen) atoms. The number of para-hydroxylation sites is 1. The van der Waals surface area contributed by atoms with Gasteiger partial charge in [-0.05, 0) is 42.7 Å².